The van der Waals surface area contributed by atoms with E-state index < -0.39 is 0 Å². The Morgan fingerprint density at radius 3 is 3.00 bits per heavy atom. The van der Waals surface area contributed by atoms with Gasteiger partial charge in [0.15, 0.2) is 0 Å². The first-order chi connectivity index (χ1) is 5.38. The average Bonchev–Trinajstić information content (AvgIpc) is 2.06. The van der Waals surface area contributed by atoms with Gasteiger partial charge in [-0.2, -0.15) is 0 Å². The van der Waals surface area contributed by atoms with Crippen molar-refractivity contribution in [1.29, 1.82) is 0 Å². The first-order valence-electron chi connectivity index (χ1n) is 3.98. The number of rotatable bonds is 1. The molecule has 2 heteroatoms. The summed E-state index contributed by atoms with van der Waals surface area (Å²) in [5, 5.41) is 1.09. The van der Waals surface area contributed by atoms with E-state index in [-0.39, 0.29) is 0 Å². The van der Waals surface area contributed by atoms with Gasteiger partial charge in [-0.3, -0.25) is 0 Å². The van der Waals surface area contributed by atoms with Gasteiger partial charge < -0.3 is 0 Å². The van der Waals surface area contributed by atoms with E-state index >= 15 is 0 Å². The summed E-state index contributed by atoms with van der Waals surface area (Å²) in [5.74, 6) is 0.734. The molecule has 11 heavy (non-hydrogen) atoms. The van der Waals surface area contributed by atoms with Gasteiger partial charge in [-0.15, -0.1) is 5.73 Å². The maximum atomic E-state index is 3.53. The van der Waals surface area contributed by atoms with Gasteiger partial charge in [-0.05, 0) is 30.8 Å². The summed E-state index contributed by atoms with van der Waals surface area (Å²) in [7, 11) is 0. The second kappa shape index (κ2) is 5.18. The molecule has 0 amide bonds. The fourth-order valence-corrected chi connectivity index (χ4v) is 2.52. The van der Waals surface area contributed by atoms with Crippen molar-refractivity contribution in [2.75, 3.05) is 5.33 Å². The Bertz CT molecular complexity index is 178. The molecule has 0 N–H and O–H groups in total. The molecule has 0 aromatic carbocycles. The van der Waals surface area contributed by atoms with Crippen LogP contribution >= 0.6 is 31.9 Å². The van der Waals surface area contributed by atoms with Gasteiger partial charge in [0.2, 0.25) is 0 Å². The molecule has 0 aliphatic heterocycles. The van der Waals surface area contributed by atoms with Crippen molar-refractivity contribution in [2.45, 2.75) is 25.7 Å². The van der Waals surface area contributed by atoms with Crippen LogP contribution in [0, 0.1) is 5.92 Å². The van der Waals surface area contributed by atoms with Gasteiger partial charge in [-0.1, -0.05) is 38.3 Å². The van der Waals surface area contributed by atoms with Crippen LogP contribution in [-0.2, 0) is 0 Å². The molecule has 0 saturated heterocycles. The first kappa shape index (κ1) is 9.57. The highest BCUT2D eigenvalue weighted by Crippen LogP contribution is 2.29. The fraction of sp³-hybridized carbons (Fsp3) is 0.667. The van der Waals surface area contributed by atoms with E-state index in [9.17, 15) is 0 Å². The molecule has 0 bridgehead atoms. The van der Waals surface area contributed by atoms with E-state index in [4.69, 9.17) is 0 Å². The van der Waals surface area contributed by atoms with Crippen LogP contribution in [0.5, 0.6) is 0 Å². The van der Waals surface area contributed by atoms with E-state index in [0.717, 1.165) is 11.2 Å². The summed E-state index contributed by atoms with van der Waals surface area (Å²) in [4.78, 5) is 1.85. The molecule has 1 aliphatic rings. The van der Waals surface area contributed by atoms with E-state index in [2.05, 4.69) is 37.6 Å². The zero-order valence-corrected chi connectivity index (χ0v) is 9.62. The lowest BCUT2D eigenvalue weighted by Gasteiger charge is -2.21. The maximum Gasteiger partial charge on any atom is 0.0231 e. The Labute approximate surface area is 85.0 Å². The molecule has 1 aliphatic carbocycles. The number of alkyl halides is 1. The number of allylic oxidation sites excluding steroid dienone is 1. The number of hydrogen-bond donors (Lipinski definition) is 0. The van der Waals surface area contributed by atoms with Gasteiger partial charge in [0.1, 0.15) is 0 Å². The maximum absolute atomic E-state index is 3.53. The topological polar surface area (TPSA) is 0 Å². The van der Waals surface area contributed by atoms with Crippen LogP contribution < -0.4 is 0 Å². The van der Waals surface area contributed by atoms with Crippen LogP contribution in [0.25, 0.3) is 0 Å². The van der Waals surface area contributed by atoms with E-state index in [1.165, 1.54) is 31.3 Å². The summed E-state index contributed by atoms with van der Waals surface area (Å²) in [6.45, 7) is 0. The minimum Gasteiger partial charge on any atom is -0.114 e. The third kappa shape index (κ3) is 2.77. The molecule has 0 aromatic heterocycles. The standard InChI is InChI=1S/C9H12Br2/c10-6-5-8-3-1-2-4-9(8)7-11/h6,9H,1-4,7H2. The smallest absolute Gasteiger partial charge is 0.0231 e. The third-order valence-electron chi connectivity index (χ3n) is 2.17. The second-order valence-corrected chi connectivity index (χ2v) is 3.98. The van der Waals surface area contributed by atoms with Crippen LogP contribution in [-0.4, -0.2) is 5.33 Å². The monoisotopic (exact) mass is 278 g/mol. The molecule has 0 spiro atoms. The lowest BCUT2D eigenvalue weighted by Crippen LogP contribution is -2.10. The van der Waals surface area contributed by atoms with Gasteiger partial charge in [0.25, 0.3) is 0 Å². The molecule has 0 nitrogen and oxygen atoms in total. The van der Waals surface area contributed by atoms with E-state index in [1.807, 2.05) is 4.99 Å². The summed E-state index contributed by atoms with van der Waals surface area (Å²) in [6.07, 6.45) is 5.28. The van der Waals surface area contributed by atoms with Gasteiger partial charge >= 0.3 is 0 Å². The van der Waals surface area contributed by atoms with Crippen LogP contribution in [0.15, 0.2) is 16.3 Å². The Morgan fingerprint density at radius 1 is 1.55 bits per heavy atom. The largest absolute Gasteiger partial charge is 0.114 e. The highest BCUT2D eigenvalue weighted by Gasteiger charge is 2.16. The van der Waals surface area contributed by atoms with Gasteiger partial charge in [0, 0.05) is 10.3 Å². The van der Waals surface area contributed by atoms with E-state index in [1.54, 1.807) is 0 Å². The summed E-state index contributed by atoms with van der Waals surface area (Å²) in [5.41, 5.74) is 4.74. The molecule has 0 radical (unpaired) electrons. The third-order valence-corrected chi connectivity index (χ3v) is 3.18. The number of hydrogen-bond acceptors (Lipinski definition) is 0. The summed E-state index contributed by atoms with van der Waals surface area (Å²) in [6, 6.07) is 0. The summed E-state index contributed by atoms with van der Waals surface area (Å²) < 4.78 is 0. The second-order valence-electron chi connectivity index (χ2n) is 2.88. The molecule has 1 atom stereocenters. The predicted molar refractivity (Wildman–Crippen MR) is 56.3 cm³/mol. The average molecular weight is 280 g/mol. The lowest BCUT2D eigenvalue weighted by atomic mass is 9.86. The highest BCUT2D eigenvalue weighted by atomic mass is 79.9. The zero-order valence-electron chi connectivity index (χ0n) is 6.45. The molecule has 62 valence electrons. The molecule has 1 rings (SSSR count). The molecular weight excluding hydrogens is 268 g/mol. The molecule has 1 unspecified atom stereocenters. The van der Waals surface area contributed by atoms with Crippen molar-refractivity contribution >= 4 is 31.9 Å². The minimum atomic E-state index is 0.734. The molecule has 1 fully saturated rings. The zero-order chi connectivity index (χ0) is 8.10. The summed E-state index contributed by atoms with van der Waals surface area (Å²) >= 11 is 6.80. The van der Waals surface area contributed by atoms with Gasteiger partial charge in [-0.25, -0.2) is 0 Å². The quantitative estimate of drug-likeness (QED) is 0.503. The van der Waals surface area contributed by atoms with Crippen molar-refractivity contribution in [3.8, 4) is 0 Å². The number of halogens is 2. The molecule has 1 saturated carbocycles. The van der Waals surface area contributed by atoms with Crippen molar-refractivity contribution in [3.63, 3.8) is 0 Å². The minimum absolute atomic E-state index is 0.734. The van der Waals surface area contributed by atoms with Crippen molar-refractivity contribution in [1.82, 2.24) is 0 Å². The molecule has 0 heterocycles. The highest BCUT2D eigenvalue weighted by molar-refractivity contribution is 9.11. The Morgan fingerprint density at radius 2 is 2.36 bits per heavy atom. The lowest BCUT2D eigenvalue weighted by molar-refractivity contribution is 0.492. The molecule has 0 aromatic rings. The molecular formula is C9H12Br2. The van der Waals surface area contributed by atoms with Crippen LogP contribution in [0.3, 0.4) is 0 Å². The van der Waals surface area contributed by atoms with Crippen LogP contribution in [0.2, 0.25) is 0 Å². The van der Waals surface area contributed by atoms with Crippen LogP contribution in [0.4, 0.5) is 0 Å². The van der Waals surface area contributed by atoms with E-state index in [0.29, 0.717) is 0 Å². The van der Waals surface area contributed by atoms with Gasteiger partial charge in [0.05, 0.1) is 0 Å². The Kier molecular flexibility index (Phi) is 4.51. The van der Waals surface area contributed by atoms with Crippen molar-refractivity contribution in [2.24, 2.45) is 5.92 Å². The van der Waals surface area contributed by atoms with Crippen molar-refractivity contribution < 1.29 is 0 Å². The Hall–Kier alpha value is 0.480. The van der Waals surface area contributed by atoms with Crippen molar-refractivity contribution in [3.05, 3.63) is 16.3 Å². The fourth-order valence-electron chi connectivity index (χ4n) is 1.51. The first-order valence-corrected chi connectivity index (χ1v) is 6.02. The predicted octanol–water partition coefficient (Wildman–Crippen LogP) is 4.01. The Balaban J connectivity index is 2.66. The van der Waals surface area contributed by atoms with Crippen LogP contribution in [0.1, 0.15) is 25.7 Å². The SMILES string of the molecule is BrC=C=C1CCCCC1CBr. The normalized spacial score (nSPS) is 24.5.